The first-order valence-electron chi connectivity index (χ1n) is 4.33. The number of Topliss-reactive ketones (excluding diaryl/α,β-unsaturated/α-hetero) is 1. The minimum Gasteiger partial charge on any atom is -0.314 e. The summed E-state index contributed by atoms with van der Waals surface area (Å²) in [4.78, 5) is 13.4. The van der Waals surface area contributed by atoms with Crippen LogP contribution in [0.2, 0.25) is 0 Å². The van der Waals surface area contributed by atoms with Gasteiger partial charge in [0.05, 0.1) is 6.54 Å². The van der Waals surface area contributed by atoms with Gasteiger partial charge in [-0.3, -0.25) is 9.69 Å². The maximum Gasteiger partial charge on any atom is 0.146 e. The van der Waals surface area contributed by atoms with Gasteiger partial charge in [-0.2, -0.15) is 0 Å². The molecule has 62 valence electrons. The molecule has 3 nitrogen and oxygen atoms in total. The second-order valence-electron chi connectivity index (χ2n) is 3.41. The number of hydrogen-bond acceptors (Lipinski definition) is 3. The van der Waals surface area contributed by atoms with Crippen LogP contribution in [0.3, 0.4) is 0 Å². The van der Waals surface area contributed by atoms with Crippen molar-refractivity contribution >= 4 is 5.78 Å². The molecule has 0 spiro atoms. The van der Waals surface area contributed by atoms with Gasteiger partial charge in [0.25, 0.3) is 0 Å². The first-order valence-corrected chi connectivity index (χ1v) is 4.33. The molecule has 2 rings (SSSR count). The van der Waals surface area contributed by atoms with Gasteiger partial charge in [0.15, 0.2) is 0 Å². The first kappa shape index (κ1) is 7.25. The summed E-state index contributed by atoms with van der Waals surface area (Å²) in [6, 6.07) is 0.640. The predicted molar refractivity (Wildman–Crippen MR) is 42.5 cm³/mol. The molecule has 3 heteroatoms. The predicted octanol–water partition coefficient (Wildman–Crippen LogP) is -0.377. The lowest BCUT2D eigenvalue weighted by atomic mass is 10.00. The average molecular weight is 154 g/mol. The van der Waals surface area contributed by atoms with E-state index >= 15 is 0 Å². The van der Waals surface area contributed by atoms with E-state index in [1.165, 1.54) is 0 Å². The molecule has 0 radical (unpaired) electrons. The molecule has 0 saturated carbocycles. The molecule has 0 aromatic carbocycles. The molecule has 0 amide bonds. The van der Waals surface area contributed by atoms with Crippen LogP contribution in [0.1, 0.15) is 12.8 Å². The lowest BCUT2D eigenvalue weighted by Gasteiger charge is -2.38. The molecule has 1 unspecified atom stereocenters. The van der Waals surface area contributed by atoms with E-state index in [1.807, 2.05) is 0 Å². The minimum atomic E-state index is 0.420. The number of nitrogens with one attached hydrogen (secondary N) is 1. The summed E-state index contributed by atoms with van der Waals surface area (Å²) in [7, 11) is 0. The summed E-state index contributed by atoms with van der Waals surface area (Å²) < 4.78 is 0. The normalized spacial score (nSPS) is 33.5. The second-order valence-corrected chi connectivity index (χ2v) is 3.41. The Bertz CT molecular complexity index is 169. The van der Waals surface area contributed by atoms with Crippen LogP contribution in [0, 0.1) is 0 Å². The van der Waals surface area contributed by atoms with Crippen LogP contribution in [-0.4, -0.2) is 42.9 Å². The molecule has 11 heavy (non-hydrogen) atoms. The Balaban J connectivity index is 1.98. The molecule has 2 aliphatic heterocycles. The van der Waals surface area contributed by atoms with Crippen molar-refractivity contribution in [3.63, 3.8) is 0 Å². The van der Waals surface area contributed by atoms with Gasteiger partial charge >= 0.3 is 0 Å². The van der Waals surface area contributed by atoms with Gasteiger partial charge in [-0.25, -0.2) is 0 Å². The maximum atomic E-state index is 11.1. The number of hydrogen-bond donors (Lipinski definition) is 1. The smallest absolute Gasteiger partial charge is 0.146 e. The SMILES string of the molecule is O=C1CCC2CNCCN2C1. The van der Waals surface area contributed by atoms with Gasteiger partial charge in [0.2, 0.25) is 0 Å². The molecule has 2 fully saturated rings. The summed E-state index contributed by atoms with van der Waals surface area (Å²) in [6.45, 7) is 3.87. The Hall–Kier alpha value is -0.410. The Morgan fingerprint density at radius 1 is 1.55 bits per heavy atom. The molecule has 0 aromatic heterocycles. The minimum absolute atomic E-state index is 0.420. The highest BCUT2D eigenvalue weighted by atomic mass is 16.1. The lowest BCUT2D eigenvalue weighted by Crippen LogP contribution is -2.55. The van der Waals surface area contributed by atoms with Crippen molar-refractivity contribution in [3.8, 4) is 0 Å². The van der Waals surface area contributed by atoms with E-state index in [1.54, 1.807) is 0 Å². The Morgan fingerprint density at radius 3 is 3.36 bits per heavy atom. The number of ketones is 1. The molecule has 1 N–H and O–H groups in total. The molecule has 0 aromatic rings. The number of nitrogens with zero attached hydrogens (tertiary/aromatic N) is 1. The molecular weight excluding hydrogens is 140 g/mol. The largest absolute Gasteiger partial charge is 0.314 e. The molecule has 0 aliphatic carbocycles. The average Bonchev–Trinajstić information content (AvgIpc) is 2.04. The van der Waals surface area contributed by atoms with Gasteiger partial charge < -0.3 is 5.32 Å². The Morgan fingerprint density at radius 2 is 2.45 bits per heavy atom. The zero-order valence-corrected chi connectivity index (χ0v) is 6.68. The van der Waals surface area contributed by atoms with Gasteiger partial charge in [0.1, 0.15) is 5.78 Å². The fourth-order valence-electron chi connectivity index (χ4n) is 1.93. The number of carbonyl (C=O) groups is 1. The third-order valence-electron chi connectivity index (χ3n) is 2.61. The highest BCUT2D eigenvalue weighted by Gasteiger charge is 2.28. The van der Waals surface area contributed by atoms with Gasteiger partial charge in [-0.15, -0.1) is 0 Å². The molecule has 2 aliphatic rings. The van der Waals surface area contributed by atoms with Crippen molar-refractivity contribution in [1.82, 2.24) is 10.2 Å². The molecule has 2 heterocycles. The van der Waals surface area contributed by atoms with Crippen LogP contribution in [0.5, 0.6) is 0 Å². The van der Waals surface area contributed by atoms with Crippen LogP contribution in [0.25, 0.3) is 0 Å². The highest BCUT2D eigenvalue weighted by molar-refractivity contribution is 5.81. The van der Waals surface area contributed by atoms with E-state index in [0.29, 0.717) is 18.4 Å². The summed E-state index contributed by atoms with van der Waals surface area (Å²) in [5.74, 6) is 0.420. The molecule has 1 atom stereocenters. The Labute approximate surface area is 66.8 Å². The van der Waals surface area contributed by atoms with Crippen LogP contribution in [0.15, 0.2) is 0 Å². The van der Waals surface area contributed by atoms with Gasteiger partial charge in [-0.05, 0) is 6.42 Å². The fourth-order valence-corrected chi connectivity index (χ4v) is 1.93. The number of carbonyl (C=O) groups excluding carboxylic acids is 1. The van der Waals surface area contributed by atoms with Crippen molar-refractivity contribution < 1.29 is 4.79 Å². The monoisotopic (exact) mass is 154 g/mol. The van der Waals surface area contributed by atoms with Crippen LogP contribution >= 0.6 is 0 Å². The van der Waals surface area contributed by atoms with E-state index < -0.39 is 0 Å². The van der Waals surface area contributed by atoms with Crippen LogP contribution < -0.4 is 5.32 Å². The van der Waals surface area contributed by atoms with Crippen molar-refractivity contribution in [1.29, 1.82) is 0 Å². The Kier molecular flexibility index (Phi) is 1.92. The standard InChI is InChI=1S/C8H14N2O/c11-8-2-1-7-5-9-3-4-10(7)6-8/h7,9H,1-6H2. The van der Waals surface area contributed by atoms with Gasteiger partial charge in [-0.1, -0.05) is 0 Å². The first-order chi connectivity index (χ1) is 5.36. The molecular formula is C8H14N2O. The maximum absolute atomic E-state index is 11.1. The third-order valence-corrected chi connectivity index (χ3v) is 2.61. The fraction of sp³-hybridized carbons (Fsp3) is 0.875. The highest BCUT2D eigenvalue weighted by Crippen LogP contribution is 2.15. The summed E-state index contributed by atoms with van der Waals surface area (Å²) >= 11 is 0. The van der Waals surface area contributed by atoms with Crippen molar-refractivity contribution in [2.75, 3.05) is 26.2 Å². The van der Waals surface area contributed by atoms with Crippen LogP contribution in [0.4, 0.5) is 0 Å². The van der Waals surface area contributed by atoms with E-state index in [2.05, 4.69) is 10.2 Å². The summed E-state index contributed by atoms with van der Waals surface area (Å²) in [5.41, 5.74) is 0. The van der Waals surface area contributed by atoms with E-state index in [0.717, 1.165) is 32.5 Å². The number of rotatable bonds is 0. The zero-order valence-electron chi connectivity index (χ0n) is 6.68. The molecule has 0 bridgehead atoms. The summed E-state index contributed by atoms with van der Waals surface area (Å²) in [6.07, 6.45) is 1.86. The third kappa shape index (κ3) is 1.44. The van der Waals surface area contributed by atoms with Crippen LogP contribution in [-0.2, 0) is 4.79 Å². The van der Waals surface area contributed by atoms with Crippen molar-refractivity contribution in [3.05, 3.63) is 0 Å². The quantitative estimate of drug-likeness (QED) is 0.516. The number of piperazine rings is 1. The number of piperidine rings is 1. The zero-order chi connectivity index (χ0) is 7.68. The van der Waals surface area contributed by atoms with E-state index in [9.17, 15) is 4.79 Å². The van der Waals surface area contributed by atoms with E-state index in [-0.39, 0.29) is 0 Å². The van der Waals surface area contributed by atoms with Crippen molar-refractivity contribution in [2.24, 2.45) is 0 Å². The number of fused-ring (bicyclic) bond motifs is 1. The summed E-state index contributed by atoms with van der Waals surface area (Å²) in [5, 5.41) is 3.35. The van der Waals surface area contributed by atoms with Gasteiger partial charge in [0, 0.05) is 32.1 Å². The topological polar surface area (TPSA) is 32.3 Å². The lowest BCUT2D eigenvalue weighted by molar-refractivity contribution is -0.123. The van der Waals surface area contributed by atoms with Crippen molar-refractivity contribution in [2.45, 2.75) is 18.9 Å². The van der Waals surface area contributed by atoms with E-state index in [4.69, 9.17) is 0 Å². The second kappa shape index (κ2) is 2.91. The molecule has 2 saturated heterocycles.